The predicted octanol–water partition coefficient (Wildman–Crippen LogP) is 1.00. The van der Waals surface area contributed by atoms with Crippen LogP contribution in [-0.4, -0.2) is 44.7 Å². The van der Waals surface area contributed by atoms with Crippen LogP contribution in [0.15, 0.2) is 4.79 Å². The molecule has 1 amide bonds. The van der Waals surface area contributed by atoms with Crippen molar-refractivity contribution in [1.82, 2.24) is 19.7 Å². The van der Waals surface area contributed by atoms with Gasteiger partial charge in [0.15, 0.2) is 0 Å². The van der Waals surface area contributed by atoms with Gasteiger partial charge in [0.2, 0.25) is 0 Å². The van der Waals surface area contributed by atoms with Crippen LogP contribution in [0.5, 0.6) is 0 Å². The highest BCUT2D eigenvalue weighted by Crippen LogP contribution is 2.30. The molecule has 0 spiro atoms. The summed E-state index contributed by atoms with van der Waals surface area (Å²) < 4.78 is 1.31. The van der Waals surface area contributed by atoms with Gasteiger partial charge in [-0.15, -0.1) is 11.3 Å². The maximum atomic E-state index is 12.7. The minimum atomic E-state index is -0.200. The topological polar surface area (TPSA) is 94.1 Å². The minimum Gasteiger partial charge on any atom is -0.336 e. The highest BCUT2D eigenvalue weighted by molar-refractivity contribution is 7.17. The summed E-state index contributed by atoms with van der Waals surface area (Å²) in [7, 11) is 1.62. The van der Waals surface area contributed by atoms with Crippen molar-refractivity contribution in [3.8, 4) is 10.6 Å². The van der Waals surface area contributed by atoms with Crippen LogP contribution in [0.1, 0.15) is 33.0 Å². The van der Waals surface area contributed by atoms with Crippen molar-refractivity contribution in [1.29, 1.82) is 0 Å². The van der Waals surface area contributed by atoms with Gasteiger partial charge < -0.3 is 10.6 Å². The molecule has 3 rings (SSSR count). The molecule has 1 atom stereocenters. The molecule has 128 valence electrons. The van der Waals surface area contributed by atoms with Crippen molar-refractivity contribution in [3.63, 3.8) is 0 Å². The molecule has 0 bridgehead atoms. The Morgan fingerprint density at radius 1 is 1.29 bits per heavy atom. The Bertz CT molecular complexity index is 870. The summed E-state index contributed by atoms with van der Waals surface area (Å²) in [6.07, 6.45) is 0.819. The molecule has 1 saturated heterocycles. The summed E-state index contributed by atoms with van der Waals surface area (Å²) in [5.74, 6) is -0.0514. The highest BCUT2D eigenvalue weighted by Gasteiger charge is 2.28. The van der Waals surface area contributed by atoms with Gasteiger partial charge in [-0.2, -0.15) is 5.10 Å². The quantitative estimate of drug-likeness (QED) is 0.875. The molecular weight excluding hydrogens is 326 g/mol. The number of carbonyl (C=O) groups excluding carboxylic acids is 1. The van der Waals surface area contributed by atoms with Gasteiger partial charge in [0.25, 0.3) is 11.5 Å². The number of likely N-dealkylation sites (tertiary alicyclic amines) is 1. The SMILES string of the molecule is Cc1nc(-c2c(C)c(C)nn(C)c2=O)sc1C(=O)N1CC[C@@H](N)C1. The summed E-state index contributed by atoms with van der Waals surface area (Å²) in [4.78, 5) is 32.0. The van der Waals surface area contributed by atoms with E-state index in [1.54, 1.807) is 18.9 Å². The Balaban J connectivity index is 2.04. The van der Waals surface area contributed by atoms with Crippen LogP contribution in [0.2, 0.25) is 0 Å². The zero-order chi connectivity index (χ0) is 17.6. The van der Waals surface area contributed by atoms with Gasteiger partial charge in [0.1, 0.15) is 9.88 Å². The largest absolute Gasteiger partial charge is 0.336 e. The molecule has 24 heavy (non-hydrogen) atoms. The molecule has 3 heterocycles. The number of aromatic nitrogens is 3. The maximum Gasteiger partial charge on any atom is 0.277 e. The molecule has 0 saturated carbocycles. The number of amides is 1. The van der Waals surface area contributed by atoms with Crippen molar-refractivity contribution in [2.24, 2.45) is 12.8 Å². The second-order valence-electron chi connectivity index (χ2n) is 6.25. The average Bonchev–Trinajstić information content (AvgIpc) is 3.11. The minimum absolute atomic E-state index is 0.0408. The van der Waals surface area contributed by atoms with Gasteiger partial charge in [0.05, 0.1) is 17.0 Å². The van der Waals surface area contributed by atoms with Crippen LogP contribution in [0.4, 0.5) is 0 Å². The molecule has 1 fully saturated rings. The van der Waals surface area contributed by atoms with Crippen LogP contribution in [0, 0.1) is 20.8 Å². The van der Waals surface area contributed by atoms with Crippen LogP contribution < -0.4 is 11.3 Å². The molecule has 0 radical (unpaired) electrons. The molecule has 1 aliphatic heterocycles. The first-order valence-corrected chi connectivity index (χ1v) is 8.68. The first-order chi connectivity index (χ1) is 11.3. The summed E-state index contributed by atoms with van der Waals surface area (Å²) in [5.41, 5.74) is 8.44. The fraction of sp³-hybridized carbons (Fsp3) is 0.500. The smallest absolute Gasteiger partial charge is 0.277 e. The van der Waals surface area contributed by atoms with Crippen molar-refractivity contribution < 1.29 is 4.79 Å². The van der Waals surface area contributed by atoms with Crippen LogP contribution in [0.25, 0.3) is 10.6 Å². The van der Waals surface area contributed by atoms with E-state index in [4.69, 9.17) is 5.73 Å². The Kier molecular flexibility index (Phi) is 4.27. The number of aryl methyl sites for hydroxylation is 3. The zero-order valence-electron chi connectivity index (χ0n) is 14.3. The number of nitrogens with zero attached hydrogens (tertiary/aromatic N) is 4. The first kappa shape index (κ1) is 16.8. The van der Waals surface area contributed by atoms with E-state index in [9.17, 15) is 9.59 Å². The molecule has 2 aromatic rings. The van der Waals surface area contributed by atoms with Gasteiger partial charge in [-0.1, -0.05) is 0 Å². The molecule has 0 unspecified atom stereocenters. The lowest BCUT2D eigenvalue weighted by molar-refractivity contribution is 0.0794. The Hall–Kier alpha value is -2.06. The van der Waals surface area contributed by atoms with E-state index >= 15 is 0 Å². The summed E-state index contributed by atoms with van der Waals surface area (Å²) in [5, 5.41) is 4.76. The fourth-order valence-electron chi connectivity index (χ4n) is 2.92. The number of hydrogen-bond acceptors (Lipinski definition) is 6. The van der Waals surface area contributed by atoms with E-state index in [1.807, 2.05) is 13.8 Å². The van der Waals surface area contributed by atoms with Crippen LogP contribution in [0.3, 0.4) is 0 Å². The molecule has 1 aliphatic rings. The lowest BCUT2D eigenvalue weighted by Gasteiger charge is -2.14. The van der Waals surface area contributed by atoms with Gasteiger partial charge in [0, 0.05) is 26.2 Å². The van der Waals surface area contributed by atoms with Gasteiger partial charge >= 0.3 is 0 Å². The van der Waals surface area contributed by atoms with Crippen molar-refractivity contribution in [2.45, 2.75) is 33.2 Å². The molecule has 0 aliphatic carbocycles. The number of carbonyl (C=O) groups is 1. The molecular formula is C16H21N5O2S. The lowest BCUT2D eigenvalue weighted by Crippen LogP contribution is -2.31. The molecule has 7 nitrogen and oxygen atoms in total. The number of hydrogen-bond donors (Lipinski definition) is 1. The monoisotopic (exact) mass is 347 g/mol. The summed E-state index contributed by atoms with van der Waals surface area (Å²) in [6.45, 7) is 6.76. The molecule has 8 heteroatoms. The zero-order valence-corrected chi connectivity index (χ0v) is 15.1. The van der Waals surface area contributed by atoms with E-state index in [2.05, 4.69) is 10.1 Å². The average molecular weight is 347 g/mol. The second-order valence-corrected chi connectivity index (χ2v) is 7.25. The molecule has 2 N–H and O–H groups in total. The predicted molar refractivity (Wildman–Crippen MR) is 93.3 cm³/mol. The van der Waals surface area contributed by atoms with Crippen molar-refractivity contribution in [2.75, 3.05) is 13.1 Å². The van der Waals surface area contributed by atoms with Crippen molar-refractivity contribution >= 4 is 17.2 Å². The lowest BCUT2D eigenvalue weighted by atomic mass is 10.1. The maximum absolute atomic E-state index is 12.7. The highest BCUT2D eigenvalue weighted by atomic mass is 32.1. The Labute approximate surface area is 144 Å². The number of nitrogens with two attached hydrogens (primary N) is 1. The Morgan fingerprint density at radius 2 is 2.00 bits per heavy atom. The summed E-state index contributed by atoms with van der Waals surface area (Å²) >= 11 is 1.27. The Morgan fingerprint density at radius 3 is 2.62 bits per heavy atom. The first-order valence-electron chi connectivity index (χ1n) is 7.86. The fourth-order valence-corrected chi connectivity index (χ4v) is 4.05. The van der Waals surface area contributed by atoms with Gasteiger partial charge in [-0.25, -0.2) is 9.67 Å². The van der Waals surface area contributed by atoms with Gasteiger partial charge in [-0.05, 0) is 32.8 Å². The van der Waals surface area contributed by atoms with E-state index in [-0.39, 0.29) is 17.5 Å². The third-order valence-corrected chi connectivity index (χ3v) is 5.61. The van der Waals surface area contributed by atoms with E-state index in [0.717, 1.165) is 17.7 Å². The van der Waals surface area contributed by atoms with E-state index < -0.39 is 0 Å². The number of thiazole rings is 1. The number of rotatable bonds is 2. The van der Waals surface area contributed by atoms with E-state index in [1.165, 1.54) is 16.0 Å². The second kappa shape index (κ2) is 6.10. The normalized spacial score (nSPS) is 17.5. The van der Waals surface area contributed by atoms with Crippen LogP contribution in [-0.2, 0) is 7.05 Å². The van der Waals surface area contributed by atoms with E-state index in [0.29, 0.717) is 34.2 Å². The molecule has 0 aromatic carbocycles. The third kappa shape index (κ3) is 2.76. The summed E-state index contributed by atoms with van der Waals surface area (Å²) in [6, 6.07) is 0.0408. The third-order valence-electron chi connectivity index (χ3n) is 4.44. The molecule has 2 aromatic heterocycles. The van der Waals surface area contributed by atoms with Crippen molar-refractivity contribution in [3.05, 3.63) is 32.2 Å². The van der Waals surface area contributed by atoms with Crippen LogP contribution >= 0.6 is 11.3 Å². The van der Waals surface area contributed by atoms with Gasteiger partial charge in [-0.3, -0.25) is 9.59 Å². The standard InChI is InChI=1S/C16H21N5O2S/c1-8-9(2)19-20(4)15(22)12(8)14-18-10(3)13(24-14)16(23)21-6-5-11(17)7-21/h11H,5-7,17H2,1-4H3/t11-/m1/s1.